The number of urea groups is 1. The van der Waals surface area contributed by atoms with Crippen LogP contribution in [0, 0.1) is 6.92 Å². The molecule has 1 aliphatic rings. The third kappa shape index (κ3) is 6.44. The van der Waals surface area contributed by atoms with Gasteiger partial charge in [-0.2, -0.15) is 0 Å². The number of nitrogens with zero attached hydrogens (tertiary/aromatic N) is 1. The van der Waals surface area contributed by atoms with Gasteiger partial charge >= 0.3 is 12.0 Å². The fourth-order valence-electron chi connectivity index (χ4n) is 4.22. The first kappa shape index (κ1) is 25.7. The van der Waals surface area contributed by atoms with Gasteiger partial charge in [-0.15, -0.1) is 0 Å². The van der Waals surface area contributed by atoms with Gasteiger partial charge in [0.1, 0.15) is 18.2 Å². The van der Waals surface area contributed by atoms with Crippen molar-refractivity contribution in [3.05, 3.63) is 102 Å². The van der Waals surface area contributed by atoms with E-state index in [-0.39, 0.29) is 6.54 Å². The van der Waals surface area contributed by atoms with Gasteiger partial charge in [0.2, 0.25) is 0 Å². The van der Waals surface area contributed by atoms with E-state index in [1.807, 2.05) is 73.7 Å². The summed E-state index contributed by atoms with van der Waals surface area (Å²) in [7, 11) is 0. The highest BCUT2D eigenvalue weighted by molar-refractivity contribution is 6.09. The van der Waals surface area contributed by atoms with Gasteiger partial charge in [-0.25, -0.2) is 4.79 Å². The molecule has 37 heavy (non-hydrogen) atoms. The van der Waals surface area contributed by atoms with Gasteiger partial charge in [0, 0.05) is 11.3 Å². The second kappa shape index (κ2) is 10.7. The van der Waals surface area contributed by atoms with E-state index in [9.17, 15) is 14.4 Å². The molecule has 0 aliphatic carbocycles. The summed E-state index contributed by atoms with van der Waals surface area (Å²) in [6.07, 6.45) is 1.74. The highest BCUT2D eigenvalue weighted by Gasteiger charge is 2.34. The van der Waals surface area contributed by atoms with E-state index in [0.717, 1.165) is 22.3 Å². The Bertz CT molecular complexity index is 1340. The summed E-state index contributed by atoms with van der Waals surface area (Å²) in [6.45, 7) is 6.97. The van der Waals surface area contributed by atoms with Crippen molar-refractivity contribution in [2.75, 3.05) is 16.8 Å². The van der Waals surface area contributed by atoms with Crippen LogP contribution < -0.4 is 15.5 Å². The van der Waals surface area contributed by atoms with Gasteiger partial charge in [0.15, 0.2) is 0 Å². The van der Waals surface area contributed by atoms with Gasteiger partial charge < -0.3 is 15.4 Å². The highest BCUT2D eigenvalue weighted by atomic mass is 16.6. The number of hydrogen-bond donors (Lipinski definition) is 2. The van der Waals surface area contributed by atoms with Gasteiger partial charge in [0.05, 0.1) is 5.69 Å². The normalized spacial score (nSPS) is 15.2. The number of esters is 1. The number of carbonyl (C=O) groups is 3. The van der Waals surface area contributed by atoms with E-state index in [1.165, 1.54) is 4.90 Å². The van der Waals surface area contributed by atoms with Crippen molar-refractivity contribution in [1.82, 2.24) is 5.32 Å². The lowest BCUT2D eigenvalue weighted by molar-refractivity contribution is -0.153. The zero-order chi connectivity index (χ0) is 26.6. The molecule has 190 valence electrons. The summed E-state index contributed by atoms with van der Waals surface area (Å²) in [5.74, 6) is -0.981. The first-order valence-corrected chi connectivity index (χ1v) is 12.1. The average molecular weight is 498 g/mol. The maximum absolute atomic E-state index is 13.9. The summed E-state index contributed by atoms with van der Waals surface area (Å²) in [5.41, 5.74) is 3.90. The highest BCUT2D eigenvalue weighted by Crippen LogP contribution is 2.35. The Balaban J connectivity index is 1.73. The fourth-order valence-corrected chi connectivity index (χ4v) is 4.22. The number of aryl methyl sites for hydroxylation is 1. The van der Waals surface area contributed by atoms with E-state index in [2.05, 4.69) is 10.6 Å². The molecule has 0 bridgehead atoms. The second-order valence-corrected chi connectivity index (χ2v) is 9.92. The Kier molecular flexibility index (Phi) is 7.43. The van der Waals surface area contributed by atoms with Gasteiger partial charge in [0.25, 0.3) is 5.91 Å². The molecule has 2 N–H and O–H groups in total. The molecule has 0 saturated heterocycles. The Labute approximate surface area is 217 Å². The SMILES string of the molecule is Cc1cccc(NC(=O)NC2C=C(c3ccccc3)c3ccccc3N(CC(=O)OC(C)(C)C)C2=O)c1. The molecule has 4 rings (SSSR count). The third-order valence-electron chi connectivity index (χ3n) is 5.70. The van der Waals surface area contributed by atoms with Crippen LogP contribution in [0.4, 0.5) is 16.2 Å². The minimum atomic E-state index is -1.03. The Hall–Kier alpha value is -4.39. The topological polar surface area (TPSA) is 87.7 Å². The van der Waals surface area contributed by atoms with E-state index in [1.54, 1.807) is 39.0 Å². The molecule has 7 heteroatoms. The van der Waals surface area contributed by atoms with E-state index >= 15 is 0 Å². The van der Waals surface area contributed by atoms with Gasteiger partial charge in [-0.1, -0.05) is 60.7 Å². The van der Waals surface area contributed by atoms with E-state index < -0.39 is 29.6 Å². The summed E-state index contributed by atoms with van der Waals surface area (Å²) >= 11 is 0. The monoisotopic (exact) mass is 497 g/mol. The predicted molar refractivity (Wildman–Crippen MR) is 145 cm³/mol. The Morgan fingerprint density at radius 1 is 0.946 bits per heavy atom. The number of para-hydroxylation sites is 1. The predicted octanol–water partition coefficient (Wildman–Crippen LogP) is 5.31. The minimum absolute atomic E-state index is 0.291. The van der Waals surface area contributed by atoms with Crippen molar-refractivity contribution >= 4 is 34.9 Å². The number of amides is 3. The maximum Gasteiger partial charge on any atom is 0.326 e. The van der Waals surface area contributed by atoms with Crippen molar-refractivity contribution in [2.45, 2.75) is 39.3 Å². The lowest BCUT2D eigenvalue weighted by atomic mass is 9.95. The third-order valence-corrected chi connectivity index (χ3v) is 5.70. The average Bonchev–Trinajstić information content (AvgIpc) is 2.94. The fraction of sp³-hybridized carbons (Fsp3) is 0.233. The number of carbonyl (C=O) groups excluding carboxylic acids is 3. The summed E-state index contributed by atoms with van der Waals surface area (Å²) in [4.78, 5) is 41.0. The number of rotatable bonds is 5. The lowest BCUT2D eigenvalue weighted by Crippen LogP contribution is -2.50. The maximum atomic E-state index is 13.9. The molecule has 0 saturated carbocycles. The molecular weight excluding hydrogens is 466 g/mol. The number of nitrogens with one attached hydrogen (secondary N) is 2. The molecule has 7 nitrogen and oxygen atoms in total. The van der Waals surface area contributed by atoms with E-state index in [0.29, 0.717) is 11.4 Å². The van der Waals surface area contributed by atoms with Crippen molar-refractivity contribution in [1.29, 1.82) is 0 Å². The van der Waals surface area contributed by atoms with Crippen molar-refractivity contribution in [3.63, 3.8) is 0 Å². The number of ether oxygens (including phenoxy) is 1. The first-order chi connectivity index (χ1) is 17.6. The molecule has 1 atom stereocenters. The van der Waals surface area contributed by atoms with Crippen LogP contribution in [0.3, 0.4) is 0 Å². The minimum Gasteiger partial charge on any atom is -0.459 e. The molecule has 1 unspecified atom stereocenters. The lowest BCUT2D eigenvalue weighted by Gasteiger charge is -2.27. The van der Waals surface area contributed by atoms with Crippen LogP contribution in [0.15, 0.2) is 84.9 Å². The van der Waals surface area contributed by atoms with Crippen LogP contribution in [0.2, 0.25) is 0 Å². The van der Waals surface area contributed by atoms with E-state index in [4.69, 9.17) is 4.74 Å². The molecule has 1 aliphatic heterocycles. The zero-order valence-corrected chi connectivity index (χ0v) is 21.4. The van der Waals surface area contributed by atoms with Crippen LogP contribution in [-0.2, 0) is 14.3 Å². The number of anilines is 2. The van der Waals surface area contributed by atoms with Gasteiger partial charge in [-0.3, -0.25) is 14.5 Å². The summed E-state index contributed by atoms with van der Waals surface area (Å²) in [5, 5.41) is 5.58. The first-order valence-electron chi connectivity index (χ1n) is 12.1. The van der Waals surface area contributed by atoms with Crippen LogP contribution in [0.1, 0.15) is 37.5 Å². The summed E-state index contributed by atoms with van der Waals surface area (Å²) in [6, 6.07) is 22.8. The zero-order valence-electron chi connectivity index (χ0n) is 21.4. The number of hydrogen-bond acceptors (Lipinski definition) is 4. The summed E-state index contributed by atoms with van der Waals surface area (Å²) < 4.78 is 5.51. The number of fused-ring (bicyclic) bond motifs is 1. The largest absolute Gasteiger partial charge is 0.459 e. The molecule has 3 amide bonds. The molecule has 0 aromatic heterocycles. The van der Waals surface area contributed by atoms with Crippen LogP contribution in [-0.4, -0.2) is 36.1 Å². The molecule has 0 spiro atoms. The quantitative estimate of drug-likeness (QED) is 0.468. The smallest absolute Gasteiger partial charge is 0.326 e. The molecule has 3 aromatic rings. The van der Waals surface area contributed by atoms with Crippen molar-refractivity contribution < 1.29 is 19.1 Å². The molecular formula is C30H31N3O4. The number of benzene rings is 3. The second-order valence-electron chi connectivity index (χ2n) is 9.92. The van der Waals surface area contributed by atoms with Gasteiger partial charge in [-0.05, 0) is 68.7 Å². The standard InChI is InChI=1S/C30H31N3O4/c1-20-11-10-14-22(17-20)31-29(36)32-25-18-24(21-12-6-5-7-13-21)23-15-8-9-16-26(23)33(28(25)35)19-27(34)37-30(2,3)4/h5-18,25H,19H2,1-4H3,(H2,31,32,36). The Morgan fingerprint density at radius 2 is 1.65 bits per heavy atom. The van der Waals surface area contributed by atoms with Crippen LogP contribution >= 0.6 is 0 Å². The van der Waals surface area contributed by atoms with Crippen LogP contribution in [0.5, 0.6) is 0 Å². The molecule has 3 aromatic carbocycles. The van der Waals surface area contributed by atoms with Crippen LogP contribution in [0.25, 0.3) is 5.57 Å². The molecule has 0 radical (unpaired) electrons. The van der Waals surface area contributed by atoms with Crippen molar-refractivity contribution in [2.24, 2.45) is 0 Å². The van der Waals surface area contributed by atoms with Crippen molar-refractivity contribution in [3.8, 4) is 0 Å². The molecule has 0 fully saturated rings. The molecule has 1 heterocycles. The Morgan fingerprint density at radius 3 is 2.35 bits per heavy atom.